The van der Waals surface area contributed by atoms with Gasteiger partial charge in [-0.05, 0) is 88.6 Å². The SMILES string of the molecule is CN1CCN(CCCN2c3ccccc3Sc3ccccc32)CC1.COc1ccc2c(c1)N(C[C@H](C)CN(C)C)c1ccccc1S2. The highest BCUT2D eigenvalue weighted by molar-refractivity contribution is 8.00. The first-order valence-electron chi connectivity index (χ1n) is 16.8. The molecule has 47 heavy (non-hydrogen) atoms. The van der Waals surface area contributed by atoms with Crippen LogP contribution < -0.4 is 14.5 Å². The van der Waals surface area contributed by atoms with Gasteiger partial charge < -0.3 is 29.2 Å². The summed E-state index contributed by atoms with van der Waals surface area (Å²) in [4.78, 5) is 17.6. The first-order chi connectivity index (χ1) is 22.9. The summed E-state index contributed by atoms with van der Waals surface area (Å²) >= 11 is 3.73. The highest BCUT2D eigenvalue weighted by Crippen LogP contribution is 2.50. The van der Waals surface area contributed by atoms with Crippen LogP contribution in [0.4, 0.5) is 22.7 Å². The van der Waals surface area contributed by atoms with Gasteiger partial charge in [-0.2, -0.15) is 0 Å². The topological polar surface area (TPSA) is 25.4 Å². The second kappa shape index (κ2) is 15.8. The molecule has 1 atom stereocenters. The minimum Gasteiger partial charge on any atom is -0.497 e. The van der Waals surface area contributed by atoms with E-state index >= 15 is 0 Å². The monoisotopic (exact) mass is 667 g/mol. The number of nitrogens with zero attached hydrogens (tertiary/aromatic N) is 5. The molecule has 0 aliphatic carbocycles. The summed E-state index contributed by atoms with van der Waals surface area (Å²) in [6.07, 6.45) is 1.21. The predicted molar refractivity (Wildman–Crippen MR) is 201 cm³/mol. The number of hydrogen-bond donors (Lipinski definition) is 0. The summed E-state index contributed by atoms with van der Waals surface area (Å²) in [5, 5.41) is 0. The van der Waals surface area contributed by atoms with E-state index in [2.05, 4.69) is 137 Å². The molecular formula is C39H49N5OS2. The minimum atomic E-state index is 0.570. The summed E-state index contributed by atoms with van der Waals surface area (Å²) in [7, 11) is 8.21. The Morgan fingerprint density at radius 1 is 0.681 bits per heavy atom. The molecule has 0 N–H and O–H groups in total. The number of likely N-dealkylation sites (N-methyl/N-ethyl adjacent to an activating group) is 1. The molecule has 248 valence electrons. The Hall–Kier alpha value is -3.14. The molecule has 8 heteroatoms. The van der Waals surface area contributed by atoms with Crippen molar-refractivity contribution < 1.29 is 4.74 Å². The van der Waals surface area contributed by atoms with Gasteiger partial charge in [0.1, 0.15) is 5.75 Å². The summed E-state index contributed by atoms with van der Waals surface area (Å²) < 4.78 is 5.44. The van der Waals surface area contributed by atoms with E-state index < -0.39 is 0 Å². The number of fused-ring (bicyclic) bond motifs is 4. The fourth-order valence-electron chi connectivity index (χ4n) is 6.67. The number of para-hydroxylation sites is 3. The fourth-order valence-corrected chi connectivity index (χ4v) is 8.84. The van der Waals surface area contributed by atoms with Crippen LogP contribution in [0.5, 0.6) is 5.75 Å². The van der Waals surface area contributed by atoms with E-state index in [1.807, 2.05) is 29.6 Å². The average molecular weight is 668 g/mol. The average Bonchev–Trinajstić information content (AvgIpc) is 3.08. The van der Waals surface area contributed by atoms with Crippen molar-refractivity contribution in [2.24, 2.45) is 5.92 Å². The summed E-state index contributed by atoms with van der Waals surface area (Å²) in [6.45, 7) is 11.5. The molecule has 3 aliphatic rings. The molecule has 4 aromatic carbocycles. The molecule has 0 aromatic heterocycles. The van der Waals surface area contributed by atoms with Crippen LogP contribution in [-0.2, 0) is 0 Å². The quantitative estimate of drug-likeness (QED) is 0.176. The standard InChI is InChI=1S/C20H25N3S.C19H24N2OS/c1-21-13-15-22(16-14-21)11-6-12-23-17-7-2-4-9-19(17)24-20-10-5-3-8-18(20)23;1-14(12-20(2)3)13-21-16-7-5-6-8-18(16)23-19-10-9-15(22-4)11-17(19)21/h2-5,7-10H,6,11-16H2,1H3;5-11,14H,12-13H2,1-4H3/t;14-/m.1/s1. The van der Waals surface area contributed by atoms with Crippen molar-refractivity contribution in [1.82, 2.24) is 14.7 Å². The third-order valence-corrected chi connectivity index (χ3v) is 11.2. The number of hydrogen-bond acceptors (Lipinski definition) is 8. The van der Waals surface area contributed by atoms with Crippen LogP contribution in [0.15, 0.2) is 111 Å². The van der Waals surface area contributed by atoms with Gasteiger partial charge in [-0.15, -0.1) is 0 Å². The van der Waals surface area contributed by atoms with E-state index in [1.165, 1.54) is 81.5 Å². The van der Waals surface area contributed by atoms with Gasteiger partial charge in [0.15, 0.2) is 0 Å². The van der Waals surface area contributed by atoms with E-state index in [0.29, 0.717) is 5.92 Å². The zero-order chi connectivity index (χ0) is 32.8. The normalized spacial score (nSPS) is 16.4. The summed E-state index contributed by atoms with van der Waals surface area (Å²) in [6, 6.07) is 32.6. The third-order valence-electron chi connectivity index (χ3n) is 8.99. The number of methoxy groups -OCH3 is 1. The molecular weight excluding hydrogens is 619 g/mol. The maximum atomic E-state index is 5.44. The van der Waals surface area contributed by atoms with Crippen molar-refractivity contribution >= 4 is 46.3 Å². The van der Waals surface area contributed by atoms with Gasteiger partial charge in [0.2, 0.25) is 0 Å². The molecule has 4 aromatic rings. The molecule has 1 fully saturated rings. The Balaban J connectivity index is 0.000000165. The zero-order valence-electron chi connectivity index (χ0n) is 28.6. The summed E-state index contributed by atoms with van der Waals surface area (Å²) in [5.41, 5.74) is 5.27. The Kier molecular flexibility index (Phi) is 11.4. The van der Waals surface area contributed by atoms with E-state index in [-0.39, 0.29) is 0 Å². The molecule has 3 aliphatic heterocycles. The van der Waals surface area contributed by atoms with E-state index in [9.17, 15) is 0 Å². The molecule has 1 saturated heterocycles. The van der Waals surface area contributed by atoms with Crippen LogP contribution in [0.3, 0.4) is 0 Å². The van der Waals surface area contributed by atoms with Crippen molar-refractivity contribution in [2.45, 2.75) is 32.9 Å². The van der Waals surface area contributed by atoms with Gasteiger partial charge in [-0.3, -0.25) is 0 Å². The molecule has 6 nitrogen and oxygen atoms in total. The largest absolute Gasteiger partial charge is 0.497 e. The smallest absolute Gasteiger partial charge is 0.121 e. The first-order valence-corrected chi connectivity index (χ1v) is 18.4. The highest BCUT2D eigenvalue weighted by atomic mass is 32.2. The lowest BCUT2D eigenvalue weighted by Gasteiger charge is -2.35. The van der Waals surface area contributed by atoms with Crippen LogP contribution >= 0.6 is 23.5 Å². The maximum Gasteiger partial charge on any atom is 0.121 e. The maximum absolute atomic E-state index is 5.44. The highest BCUT2D eigenvalue weighted by Gasteiger charge is 2.26. The van der Waals surface area contributed by atoms with Gasteiger partial charge >= 0.3 is 0 Å². The Morgan fingerprint density at radius 2 is 1.21 bits per heavy atom. The fraction of sp³-hybridized carbons (Fsp3) is 0.385. The van der Waals surface area contributed by atoms with Gasteiger partial charge in [0.25, 0.3) is 0 Å². The first kappa shape index (κ1) is 33.7. The molecule has 0 radical (unpaired) electrons. The minimum absolute atomic E-state index is 0.570. The molecule has 0 amide bonds. The number of piperazine rings is 1. The van der Waals surface area contributed by atoms with Crippen LogP contribution in [-0.4, -0.2) is 95.3 Å². The molecule has 0 bridgehead atoms. The van der Waals surface area contributed by atoms with E-state index in [1.54, 1.807) is 7.11 Å². The van der Waals surface area contributed by atoms with Gasteiger partial charge in [-0.1, -0.05) is 66.8 Å². The van der Waals surface area contributed by atoms with Crippen molar-refractivity contribution in [1.29, 1.82) is 0 Å². The number of benzene rings is 4. The Labute approximate surface area is 290 Å². The van der Waals surface area contributed by atoms with E-state index in [0.717, 1.165) is 25.4 Å². The van der Waals surface area contributed by atoms with Crippen molar-refractivity contribution in [2.75, 3.05) is 90.4 Å². The molecule has 3 heterocycles. The van der Waals surface area contributed by atoms with Crippen LogP contribution in [0.25, 0.3) is 0 Å². The lowest BCUT2D eigenvalue weighted by Crippen LogP contribution is -2.45. The number of anilines is 4. The predicted octanol–water partition coefficient (Wildman–Crippen LogP) is 8.42. The molecule has 0 unspecified atom stereocenters. The van der Waals surface area contributed by atoms with E-state index in [4.69, 9.17) is 4.74 Å². The Morgan fingerprint density at radius 3 is 1.77 bits per heavy atom. The second-order valence-corrected chi connectivity index (χ2v) is 15.2. The third kappa shape index (κ3) is 8.30. The van der Waals surface area contributed by atoms with Crippen molar-refractivity contribution in [3.05, 3.63) is 91.0 Å². The summed E-state index contributed by atoms with van der Waals surface area (Å²) in [5.74, 6) is 1.48. The lowest BCUT2D eigenvalue weighted by atomic mass is 10.1. The number of ether oxygens (including phenoxy) is 1. The van der Waals surface area contributed by atoms with Crippen molar-refractivity contribution in [3.63, 3.8) is 0 Å². The van der Waals surface area contributed by atoms with Crippen molar-refractivity contribution in [3.8, 4) is 5.75 Å². The zero-order valence-corrected chi connectivity index (χ0v) is 30.2. The van der Waals surface area contributed by atoms with Gasteiger partial charge in [0.05, 0.1) is 29.9 Å². The van der Waals surface area contributed by atoms with Crippen LogP contribution in [0, 0.1) is 5.92 Å². The van der Waals surface area contributed by atoms with Gasteiger partial charge in [-0.25, -0.2) is 0 Å². The van der Waals surface area contributed by atoms with Gasteiger partial charge in [0, 0.05) is 71.5 Å². The molecule has 0 saturated carbocycles. The number of rotatable bonds is 9. The van der Waals surface area contributed by atoms with Crippen LogP contribution in [0.2, 0.25) is 0 Å². The second-order valence-electron chi connectivity index (χ2n) is 13.1. The molecule has 0 spiro atoms. The van der Waals surface area contributed by atoms with Crippen LogP contribution in [0.1, 0.15) is 13.3 Å². The lowest BCUT2D eigenvalue weighted by molar-refractivity contribution is 0.153. The Bertz CT molecular complexity index is 1580. The molecule has 7 rings (SSSR count).